The Morgan fingerprint density at radius 3 is 2.21 bits per heavy atom. The second-order valence-corrected chi connectivity index (χ2v) is 9.27. The van der Waals surface area contributed by atoms with Gasteiger partial charge in [0.25, 0.3) is 10.0 Å². The van der Waals surface area contributed by atoms with Gasteiger partial charge >= 0.3 is 11.9 Å². The van der Waals surface area contributed by atoms with Crippen molar-refractivity contribution < 1.29 is 27.5 Å². The van der Waals surface area contributed by atoms with E-state index in [1.807, 2.05) is 6.92 Å². The lowest BCUT2D eigenvalue weighted by Crippen LogP contribution is -2.27. The number of hydrogen-bond acceptors (Lipinski definition) is 6. The van der Waals surface area contributed by atoms with Crippen molar-refractivity contribution in [3.05, 3.63) is 59.2 Å². The second kappa shape index (κ2) is 8.65. The molecule has 0 atom stereocenters. The highest BCUT2D eigenvalue weighted by molar-refractivity contribution is 7.92. The van der Waals surface area contributed by atoms with Crippen LogP contribution in [0.4, 0.5) is 5.69 Å². The summed E-state index contributed by atoms with van der Waals surface area (Å²) in [5.41, 5.74) is 1.19. The zero-order valence-corrected chi connectivity index (χ0v) is 17.9. The molecule has 0 amide bonds. The number of carbonyl (C=O) groups excluding carboxylic acids is 2. The van der Waals surface area contributed by atoms with Crippen LogP contribution >= 0.6 is 0 Å². The number of rotatable bonds is 6. The van der Waals surface area contributed by atoms with Crippen LogP contribution in [0.5, 0.6) is 0 Å². The first-order chi connectivity index (χ1) is 13.4. The van der Waals surface area contributed by atoms with E-state index in [-0.39, 0.29) is 10.5 Å². The third-order valence-electron chi connectivity index (χ3n) is 3.76. The minimum atomic E-state index is -3.92. The SMILES string of the molecule is Cc1ccc(NS(=O)(=O)c2cc(C(=O)OCC(=O)OC(C)(C)C)ccc2C)cc1. The summed E-state index contributed by atoms with van der Waals surface area (Å²) in [6.07, 6.45) is 0. The molecule has 0 radical (unpaired) electrons. The topological polar surface area (TPSA) is 98.8 Å². The highest BCUT2D eigenvalue weighted by Crippen LogP contribution is 2.21. The highest BCUT2D eigenvalue weighted by atomic mass is 32.2. The van der Waals surface area contributed by atoms with Crippen molar-refractivity contribution in [3.63, 3.8) is 0 Å². The zero-order valence-electron chi connectivity index (χ0n) is 17.1. The maximum Gasteiger partial charge on any atom is 0.344 e. The van der Waals surface area contributed by atoms with E-state index < -0.39 is 34.2 Å². The fourth-order valence-electron chi connectivity index (χ4n) is 2.43. The molecule has 0 aromatic heterocycles. The summed E-state index contributed by atoms with van der Waals surface area (Å²) in [6, 6.07) is 11.1. The molecule has 0 saturated carbocycles. The molecule has 2 aromatic carbocycles. The largest absolute Gasteiger partial charge is 0.457 e. The predicted molar refractivity (Wildman–Crippen MR) is 109 cm³/mol. The van der Waals surface area contributed by atoms with Crippen LogP contribution in [0.15, 0.2) is 47.4 Å². The van der Waals surface area contributed by atoms with Crippen molar-refractivity contribution in [2.75, 3.05) is 11.3 Å². The van der Waals surface area contributed by atoms with E-state index in [2.05, 4.69) is 4.72 Å². The summed E-state index contributed by atoms with van der Waals surface area (Å²) >= 11 is 0. The van der Waals surface area contributed by atoms with Crippen LogP contribution in [0, 0.1) is 13.8 Å². The Morgan fingerprint density at radius 1 is 1.00 bits per heavy atom. The number of sulfonamides is 1. The first kappa shape index (κ1) is 22.4. The lowest BCUT2D eigenvalue weighted by molar-refractivity contribution is -0.158. The summed E-state index contributed by atoms with van der Waals surface area (Å²) in [5, 5.41) is 0. The lowest BCUT2D eigenvalue weighted by atomic mass is 10.1. The number of nitrogens with one attached hydrogen (secondary N) is 1. The van der Waals surface area contributed by atoms with Crippen molar-refractivity contribution in [1.82, 2.24) is 0 Å². The van der Waals surface area contributed by atoms with E-state index in [0.29, 0.717) is 11.3 Å². The molecule has 0 aliphatic carbocycles. The van der Waals surface area contributed by atoms with Crippen molar-refractivity contribution in [3.8, 4) is 0 Å². The van der Waals surface area contributed by atoms with Crippen molar-refractivity contribution in [2.24, 2.45) is 0 Å². The molecular weight excluding hydrogens is 394 g/mol. The maximum atomic E-state index is 12.8. The van der Waals surface area contributed by atoms with Crippen LogP contribution in [-0.4, -0.2) is 32.6 Å². The van der Waals surface area contributed by atoms with E-state index in [9.17, 15) is 18.0 Å². The Hall–Kier alpha value is -2.87. The van der Waals surface area contributed by atoms with Crippen LogP contribution in [0.3, 0.4) is 0 Å². The molecule has 2 aromatic rings. The van der Waals surface area contributed by atoms with Crippen LogP contribution in [0.25, 0.3) is 0 Å². The van der Waals surface area contributed by atoms with Gasteiger partial charge in [-0.15, -0.1) is 0 Å². The van der Waals surface area contributed by atoms with Crippen molar-refractivity contribution in [2.45, 2.75) is 45.1 Å². The lowest BCUT2D eigenvalue weighted by Gasteiger charge is -2.19. The van der Waals surface area contributed by atoms with Crippen LogP contribution < -0.4 is 4.72 Å². The number of carbonyl (C=O) groups is 2. The molecule has 0 aliphatic rings. The Kier molecular flexibility index (Phi) is 6.69. The molecule has 0 heterocycles. The van der Waals surface area contributed by atoms with E-state index in [1.165, 1.54) is 18.2 Å². The van der Waals surface area contributed by atoms with Crippen LogP contribution in [0.2, 0.25) is 0 Å². The van der Waals surface area contributed by atoms with Gasteiger partial charge in [0.2, 0.25) is 0 Å². The monoisotopic (exact) mass is 419 g/mol. The molecule has 0 aliphatic heterocycles. The third kappa shape index (κ3) is 6.60. The van der Waals surface area contributed by atoms with Gasteiger partial charge in [-0.3, -0.25) is 4.72 Å². The quantitative estimate of drug-likeness (QED) is 0.718. The van der Waals surface area contributed by atoms with Gasteiger partial charge in [-0.05, 0) is 64.4 Å². The number of esters is 2. The fraction of sp³-hybridized carbons (Fsp3) is 0.333. The van der Waals surface area contributed by atoms with E-state index in [1.54, 1.807) is 52.0 Å². The summed E-state index contributed by atoms with van der Waals surface area (Å²) in [4.78, 5) is 23.9. The maximum absolute atomic E-state index is 12.8. The fourth-order valence-corrected chi connectivity index (χ4v) is 3.76. The Labute approximate surface area is 171 Å². The number of benzene rings is 2. The normalized spacial score (nSPS) is 11.6. The molecule has 0 unspecified atom stereocenters. The average Bonchev–Trinajstić information content (AvgIpc) is 2.60. The summed E-state index contributed by atoms with van der Waals surface area (Å²) < 4.78 is 38.0. The number of aryl methyl sites for hydroxylation is 2. The van der Waals surface area contributed by atoms with Gasteiger partial charge in [0.1, 0.15) is 5.60 Å². The molecule has 1 N–H and O–H groups in total. The van der Waals surface area contributed by atoms with Crippen molar-refractivity contribution in [1.29, 1.82) is 0 Å². The average molecular weight is 419 g/mol. The molecule has 29 heavy (non-hydrogen) atoms. The number of anilines is 1. The number of hydrogen-bond donors (Lipinski definition) is 1. The minimum absolute atomic E-state index is 0.0171. The van der Waals surface area contributed by atoms with Crippen LogP contribution in [0.1, 0.15) is 42.3 Å². The molecule has 0 spiro atoms. The zero-order chi connectivity index (χ0) is 21.8. The van der Waals surface area contributed by atoms with Crippen molar-refractivity contribution >= 4 is 27.6 Å². The summed E-state index contributed by atoms with van der Waals surface area (Å²) in [6.45, 7) is 8.06. The molecule has 0 saturated heterocycles. The minimum Gasteiger partial charge on any atom is -0.457 e. The molecule has 0 bridgehead atoms. The first-order valence-electron chi connectivity index (χ1n) is 8.96. The van der Waals surface area contributed by atoms with Gasteiger partial charge in [0.05, 0.1) is 10.5 Å². The van der Waals surface area contributed by atoms with E-state index >= 15 is 0 Å². The van der Waals surface area contributed by atoms with Crippen LogP contribution in [-0.2, 0) is 24.3 Å². The molecular formula is C21H25NO6S. The van der Waals surface area contributed by atoms with E-state index in [0.717, 1.165) is 5.56 Å². The van der Waals surface area contributed by atoms with Gasteiger partial charge in [-0.25, -0.2) is 18.0 Å². The molecule has 0 fully saturated rings. The Balaban J connectivity index is 2.17. The van der Waals surface area contributed by atoms with Gasteiger partial charge < -0.3 is 9.47 Å². The molecule has 2 rings (SSSR count). The highest BCUT2D eigenvalue weighted by Gasteiger charge is 2.21. The standard InChI is InChI=1S/C21H25NO6S/c1-14-6-10-17(11-7-14)22-29(25,26)18-12-16(9-8-15(18)2)20(24)27-13-19(23)28-21(3,4)5/h6-12,22H,13H2,1-5H3. The Bertz CT molecular complexity index is 1000. The summed E-state index contributed by atoms with van der Waals surface area (Å²) in [7, 11) is -3.92. The molecule has 156 valence electrons. The van der Waals surface area contributed by atoms with Gasteiger partial charge in [-0.1, -0.05) is 23.8 Å². The second-order valence-electron chi connectivity index (χ2n) is 7.61. The van der Waals surface area contributed by atoms with Gasteiger partial charge in [0, 0.05) is 5.69 Å². The van der Waals surface area contributed by atoms with Gasteiger partial charge in [-0.2, -0.15) is 0 Å². The Morgan fingerprint density at radius 2 is 1.62 bits per heavy atom. The number of ether oxygens (including phenoxy) is 2. The summed E-state index contributed by atoms with van der Waals surface area (Å²) in [5.74, 6) is -1.51. The smallest absolute Gasteiger partial charge is 0.344 e. The first-order valence-corrected chi connectivity index (χ1v) is 10.4. The molecule has 7 nitrogen and oxygen atoms in total. The third-order valence-corrected chi connectivity index (χ3v) is 5.28. The predicted octanol–water partition coefficient (Wildman–Crippen LogP) is 3.60. The molecule has 8 heteroatoms. The van der Waals surface area contributed by atoms with E-state index in [4.69, 9.17) is 9.47 Å². The van der Waals surface area contributed by atoms with Gasteiger partial charge in [0.15, 0.2) is 6.61 Å².